The summed E-state index contributed by atoms with van der Waals surface area (Å²) in [6, 6.07) is 8.35. The van der Waals surface area contributed by atoms with Crippen molar-refractivity contribution in [2.45, 2.75) is 13.0 Å². The molecule has 2 N–H and O–H groups in total. The van der Waals surface area contributed by atoms with Crippen LogP contribution >= 0.6 is 0 Å². The fourth-order valence-corrected chi connectivity index (χ4v) is 2.10. The van der Waals surface area contributed by atoms with Gasteiger partial charge >= 0.3 is 0 Å². The van der Waals surface area contributed by atoms with Crippen LogP contribution in [0, 0.1) is 0 Å². The van der Waals surface area contributed by atoms with E-state index in [0.29, 0.717) is 0 Å². The predicted molar refractivity (Wildman–Crippen MR) is 70.7 cm³/mol. The normalized spacial score (nSPS) is 11.5. The molecule has 2 aromatic rings. The first-order chi connectivity index (χ1) is 8.22. The molecule has 4 nitrogen and oxygen atoms in total. The Bertz CT molecular complexity index is 489. The lowest BCUT2D eigenvalue weighted by molar-refractivity contribution is 0.320. The van der Waals surface area contributed by atoms with Gasteiger partial charge in [0.15, 0.2) is 0 Å². The van der Waals surface area contributed by atoms with Crippen LogP contribution in [-0.4, -0.2) is 34.8 Å². The summed E-state index contributed by atoms with van der Waals surface area (Å²) in [4.78, 5) is 2.27. The Hall–Kier alpha value is -1.39. The molecule has 17 heavy (non-hydrogen) atoms. The van der Waals surface area contributed by atoms with Crippen LogP contribution in [0.25, 0.3) is 10.9 Å². The zero-order valence-corrected chi connectivity index (χ0v) is 10.6. The van der Waals surface area contributed by atoms with Crippen LogP contribution in [-0.2, 0) is 13.6 Å². The van der Waals surface area contributed by atoms with Crippen LogP contribution in [0.15, 0.2) is 24.3 Å². The van der Waals surface area contributed by atoms with E-state index < -0.39 is 0 Å². The van der Waals surface area contributed by atoms with Crippen molar-refractivity contribution in [2.24, 2.45) is 12.8 Å². The maximum absolute atomic E-state index is 5.52. The molecule has 0 atom stereocenters. The van der Waals surface area contributed by atoms with Gasteiger partial charge in [0.05, 0.1) is 11.2 Å². The van der Waals surface area contributed by atoms with Gasteiger partial charge in [-0.25, -0.2) is 0 Å². The summed E-state index contributed by atoms with van der Waals surface area (Å²) in [6.07, 6.45) is 1.03. The van der Waals surface area contributed by atoms with Crippen molar-refractivity contribution in [1.29, 1.82) is 0 Å². The Kier molecular flexibility index (Phi) is 3.76. The van der Waals surface area contributed by atoms with Gasteiger partial charge in [0.1, 0.15) is 0 Å². The molecule has 0 aliphatic rings. The fraction of sp³-hybridized carbons (Fsp3) is 0.462. The largest absolute Gasteiger partial charge is 0.330 e. The van der Waals surface area contributed by atoms with Gasteiger partial charge in [-0.3, -0.25) is 4.68 Å². The van der Waals surface area contributed by atoms with Crippen molar-refractivity contribution >= 4 is 10.9 Å². The second-order valence-corrected chi connectivity index (χ2v) is 4.47. The molecule has 0 spiro atoms. The van der Waals surface area contributed by atoms with E-state index in [-0.39, 0.29) is 0 Å². The number of rotatable bonds is 5. The SMILES string of the molecule is CN(CCCN)Cc1nn(C)c2ccccc12. The molecule has 0 aliphatic carbocycles. The fourth-order valence-electron chi connectivity index (χ4n) is 2.10. The Balaban J connectivity index is 2.18. The highest BCUT2D eigenvalue weighted by Crippen LogP contribution is 2.18. The lowest BCUT2D eigenvalue weighted by Gasteiger charge is -2.14. The van der Waals surface area contributed by atoms with Gasteiger partial charge in [0, 0.05) is 19.0 Å². The second kappa shape index (κ2) is 5.29. The summed E-state index contributed by atoms with van der Waals surface area (Å²) in [5.41, 5.74) is 7.85. The van der Waals surface area contributed by atoms with Crippen LogP contribution in [0.5, 0.6) is 0 Å². The van der Waals surface area contributed by atoms with Gasteiger partial charge in [-0.15, -0.1) is 0 Å². The van der Waals surface area contributed by atoms with Crippen LogP contribution in [0.3, 0.4) is 0 Å². The van der Waals surface area contributed by atoms with Crippen molar-refractivity contribution in [3.8, 4) is 0 Å². The third-order valence-corrected chi connectivity index (χ3v) is 3.00. The lowest BCUT2D eigenvalue weighted by atomic mass is 10.2. The van der Waals surface area contributed by atoms with Crippen molar-refractivity contribution < 1.29 is 0 Å². The number of hydrogen-bond acceptors (Lipinski definition) is 3. The van der Waals surface area contributed by atoms with Crippen LogP contribution in [0.2, 0.25) is 0 Å². The molecule has 0 aliphatic heterocycles. The molecule has 0 unspecified atom stereocenters. The summed E-state index contributed by atoms with van der Waals surface area (Å²) in [6.45, 7) is 2.63. The number of aryl methyl sites for hydroxylation is 1. The minimum atomic E-state index is 0.743. The summed E-state index contributed by atoms with van der Waals surface area (Å²) in [7, 11) is 4.10. The Morgan fingerprint density at radius 2 is 2.12 bits per heavy atom. The second-order valence-electron chi connectivity index (χ2n) is 4.47. The summed E-state index contributed by atoms with van der Waals surface area (Å²) in [5.74, 6) is 0. The molecule has 4 heteroatoms. The van der Waals surface area contributed by atoms with Gasteiger partial charge < -0.3 is 10.6 Å². The first-order valence-electron chi connectivity index (χ1n) is 6.01. The predicted octanol–water partition coefficient (Wildman–Crippen LogP) is 1.35. The molecule has 0 fully saturated rings. The first kappa shape index (κ1) is 12.1. The van der Waals surface area contributed by atoms with Crippen molar-refractivity contribution in [2.75, 3.05) is 20.1 Å². The Morgan fingerprint density at radius 1 is 1.35 bits per heavy atom. The van der Waals surface area contributed by atoms with E-state index in [1.807, 2.05) is 17.8 Å². The molecule has 92 valence electrons. The highest BCUT2D eigenvalue weighted by Gasteiger charge is 2.09. The van der Waals surface area contributed by atoms with E-state index in [4.69, 9.17) is 5.73 Å². The topological polar surface area (TPSA) is 47.1 Å². The molecular formula is C13H20N4. The number of para-hydroxylation sites is 1. The summed E-state index contributed by atoms with van der Waals surface area (Å²) >= 11 is 0. The number of hydrogen-bond donors (Lipinski definition) is 1. The molecule has 0 radical (unpaired) electrons. The quantitative estimate of drug-likeness (QED) is 0.846. The Morgan fingerprint density at radius 3 is 2.88 bits per heavy atom. The molecule has 0 saturated carbocycles. The summed E-state index contributed by atoms with van der Waals surface area (Å²) < 4.78 is 1.95. The standard InChI is InChI=1S/C13H20N4/c1-16(9-5-8-14)10-12-11-6-3-4-7-13(11)17(2)15-12/h3-4,6-7H,5,8-10,14H2,1-2H3. The average molecular weight is 232 g/mol. The maximum Gasteiger partial charge on any atom is 0.0843 e. The molecule has 1 aromatic heterocycles. The third-order valence-electron chi connectivity index (χ3n) is 3.00. The zero-order chi connectivity index (χ0) is 12.3. The molecular weight excluding hydrogens is 212 g/mol. The molecule has 0 amide bonds. The molecule has 2 rings (SSSR count). The minimum Gasteiger partial charge on any atom is -0.330 e. The van der Waals surface area contributed by atoms with Gasteiger partial charge in [-0.05, 0) is 32.6 Å². The minimum absolute atomic E-state index is 0.743. The van der Waals surface area contributed by atoms with Crippen LogP contribution in [0.1, 0.15) is 12.1 Å². The van der Waals surface area contributed by atoms with Gasteiger partial charge in [0.25, 0.3) is 0 Å². The first-order valence-corrected chi connectivity index (χ1v) is 6.01. The Labute approximate surface area is 102 Å². The van der Waals surface area contributed by atoms with Crippen molar-refractivity contribution in [3.63, 3.8) is 0 Å². The highest BCUT2D eigenvalue weighted by molar-refractivity contribution is 5.81. The van der Waals surface area contributed by atoms with Gasteiger partial charge in [-0.1, -0.05) is 18.2 Å². The van der Waals surface area contributed by atoms with Crippen molar-refractivity contribution in [3.05, 3.63) is 30.0 Å². The number of fused-ring (bicyclic) bond motifs is 1. The molecule has 0 saturated heterocycles. The molecule has 0 bridgehead atoms. The molecule has 1 heterocycles. The van der Waals surface area contributed by atoms with E-state index in [2.05, 4.69) is 35.2 Å². The average Bonchev–Trinajstić information content (AvgIpc) is 2.65. The van der Waals surface area contributed by atoms with E-state index in [1.54, 1.807) is 0 Å². The third kappa shape index (κ3) is 2.65. The van der Waals surface area contributed by atoms with Crippen molar-refractivity contribution in [1.82, 2.24) is 14.7 Å². The maximum atomic E-state index is 5.52. The number of benzene rings is 1. The smallest absolute Gasteiger partial charge is 0.0843 e. The summed E-state index contributed by atoms with van der Waals surface area (Å²) in [5, 5.41) is 5.83. The van der Waals surface area contributed by atoms with Crippen LogP contribution < -0.4 is 5.73 Å². The van der Waals surface area contributed by atoms with E-state index in [9.17, 15) is 0 Å². The van der Waals surface area contributed by atoms with Crippen LogP contribution in [0.4, 0.5) is 0 Å². The molecule has 1 aromatic carbocycles. The lowest BCUT2D eigenvalue weighted by Crippen LogP contribution is -2.21. The number of aromatic nitrogens is 2. The van der Waals surface area contributed by atoms with E-state index in [1.165, 1.54) is 10.9 Å². The number of nitrogens with two attached hydrogens (primary N) is 1. The number of nitrogens with zero attached hydrogens (tertiary/aromatic N) is 3. The van der Waals surface area contributed by atoms with E-state index in [0.717, 1.165) is 31.7 Å². The monoisotopic (exact) mass is 232 g/mol. The zero-order valence-electron chi connectivity index (χ0n) is 10.6. The highest BCUT2D eigenvalue weighted by atomic mass is 15.3. The van der Waals surface area contributed by atoms with Gasteiger partial charge in [-0.2, -0.15) is 5.10 Å². The van der Waals surface area contributed by atoms with Gasteiger partial charge in [0.2, 0.25) is 0 Å². The van der Waals surface area contributed by atoms with E-state index >= 15 is 0 Å².